The van der Waals surface area contributed by atoms with Crippen molar-refractivity contribution in [1.29, 1.82) is 0 Å². The molecule has 2 amide bonds. The molecule has 3 unspecified atom stereocenters. The van der Waals surface area contributed by atoms with Crippen LogP contribution in [0.4, 0.5) is 8.78 Å². The van der Waals surface area contributed by atoms with Crippen LogP contribution in [0.2, 0.25) is 0 Å². The molecule has 1 saturated carbocycles. The topological polar surface area (TPSA) is 66.7 Å². The molecule has 0 spiro atoms. The maximum atomic E-state index is 14.9. The van der Waals surface area contributed by atoms with Gasteiger partial charge in [0.05, 0.1) is 24.7 Å². The molecular formula is C30H28F2N4O2. The molecule has 38 heavy (non-hydrogen) atoms. The van der Waals surface area contributed by atoms with Gasteiger partial charge in [0.2, 0.25) is 11.8 Å². The van der Waals surface area contributed by atoms with Crippen molar-refractivity contribution in [3.63, 3.8) is 0 Å². The van der Waals surface area contributed by atoms with E-state index in [1.807, 2.05) is 60.8 Å². The minimum atomic E-state index is -1.30. The number of alkyl halides is 1. The Morgan fingerprint density at radius 3 is 2.58 bits per heavy atom. The average Bonchev–Trinajstić information content (AvgIpc) is 3.58. The van der Waals surface area contributed by atoms with Gasteiger partial charge in [0.25, 0.3) is 0 Å². The second-order valence-electron chi connectivity index (χ2n) is 10.2. The second-order valence-corrected chi connectivity index (χ2v) is 10.2. The molecule has 2 aromatic heterocycles. The van der Waals surface area contributed by atoms with E-state index in [9.17, 15) is 18.4 Å². The number of benzene rings is 2. The van der Waals surface area contributed by atoms with Gasteiger partial charge >= 0.3 is 0 Å². The van der Waals surface area contributed by atoms with Crippen molar-refractivity contribution in [2.45, 2.75) is 49.9 Å². The van der Waals surface area contributed by atoms with Gasteiger partial charge in [-0.1, -0.05) is 48.5 Å². The summed E-state index contributed by atoms with van der Waals surface area (Å²) in [4.78, 5) is 32.5. The summed E-state index contributed by atoms with van der Waals surface area (Å²) in [5, 5.41) is 2.99. The fourth-order valence-electron chi connectivity index (χ4n) is 5.37. The number of amides is 2. The van der Waals surface area contributed by atoms with E-state index in [1.165, 1.54) is 11.0 Å². The van der Waals surface area contributed by atoms with Gasteiger partial charge in [0.15, 0.2) is 0 Å². The van der Waals surface area contributed by atoms with Crippen LogP contribution < -0.4 is 5.32 Å². The number of imidazole rings is 1. The van der Waals surface area contributed by atoms with E-state index in [2.05, 4.69) is 10.3 Å². The number of pyridine rings is 1. The fourth-order valence-corrected chi connectivity index (χ4v) is 5.37. The smallest absolute Gasteiger partial charge is 0.243 e. The summed E-state index contributed by atoms with van der Waals surface area (Å²) < 4.78 is 31.3. The maximum absolute atomic E-state index is 14.9. The van der Waals surface area contributed by atoms with Crippen molar-refractivity contribution >= 4 is 17.5 Å². The zero-order chi connectivity index (χ0) is 26.2. The zero-order valence-electron chi connectivity index (χ0n) is 20.8. The summed E-state index contributed by atoms with van der Waals surface area (Å²) >= 11 is 0. The summed E-state index contributed by atoms with van der Waals surface area (Å²) in [6.07, 6.45) is 4.02. The standard InChI is InChI=1S/C30H28F2N4O2/c31-22-15-26(36(18-22)28(37)16-23-17-33-27-8-4-5-13-35(23)27)30(38)34-29(20-6-2-1-3-7-20)21-11-12-24(19-9-10-19)25(32)14-21/h1-8,11-14,17,19,22,26,29H,9-10,15-16,18H2,(H,34,38). The van der Waals surface area contributed by atoms with E-state index in [1.54, 1.807) is 16.7 Å². The number of rotatable bonds is 7. The second kappa shape index (κ2) is 10.0. The first-order valence-corrected chi connectivity index (χ1v) is 13.0. The lowest BCUT2D eigenvalue weighted by atomic mass is 9.96. The van der Waals surface area contributed by atoms with Crippen molar-refractivity contribution < 1.29 is 18.4 Å². The molecule has 6 nitrogen and oxygen atoms in total. The molecule has 1 N–H and O–H groups in total. The highest BCUT2D eigenvalue weighted by Crippen LogP contribution is 2.42. The minimum absolute atomic E-state index is 0.00235. The quantitative estimate of drug-likeness (QED) is 0.388. The number of fused-ring (bicyclic) bond motifs is 1. The lowest BCUT2D eigenvalue weighted by molar-refractivity contribution is -0.138. The van der Waals surface area contributed by atoms with E-state index in [0.717, 1.165) is 18.4 Å². The third-order valence-electron chi connectivity index (χ3n) is 7.49. The normalized spacial score (nSPS) is 20.0. The minimum Gasteiger partial charge on any atom is -0.343 e. The van der Waals surface area contributed by atoms with E-state index in [0.29, 0.717) is 22.5 Å². The number of halogens is 2. The Kier molecular flexibility index (Phi) is 6.39. The number of likely N-dealkylation sites (tertiary alicyclic amines) is 1. The number of aromatic nitrogens is 2. The van der Waals surface area contributed by atoms with Crippen LogP contribution >= 0.6 is 0 Å². The molecule has 2 aliphatic rings. The Balaban J connectivity index is 1.24. The summed E-state index contributed by atoms with van der Waals surface area (Å²) in [7, 11) is 0. The Hall–Kier alpha value is -4.07. The third-order valence-corrected chi connectivity index (χ3v) is 7.49. The van der Waals surface area contributed by atoms with Gasteiger partial charge in [-0.05, 0) is 53.6 Å². The van der Waals surface area contributed by atoms with Crippen LogP contribution in [0.15, 0.2) is 79.1 Å². The molecule has 8 heteroatoms. The van der Waals surface area contributed by atoms with Crippen LogP contribution in [-0.2, 0) is 16.0 Å². The maximum Gasteiger partial charge on any atom is 0.243 e. The van der Waals surface area contributed by atoms with Crippen molar-refractivity contribution in [3.8, 4) is 0 Å². The molecule has 1 aliphatic heterocycles. The monoisotopic (exact) mass is 514 g/mol. The molecular weight excluding hydrogens is 486 g/mol. The van der Waals surface area contributed by atoms with Gasteiger partial charge in [-0.25, -0.2) is 13.8 Å². The van der Waals surface area contributed by atoms with Gasteiger partial charge < -0.3 is 14.6 Å². The van der Waals surface area contributed by atoms with Crippen LogP contribution in [0.1, 0.15) is 53.6 Å². The summed E-state index contributed by atoms with van der Waals surface area (Å²) in [5.74, 6) is -0.819. The Morgan fingerprint density at radius 2 is 1.82 bits per heavy atom. The van der Waals surface area contributed by atoms with E-state index in [4.69, 9.17) is 0 Å². The third kappa shape index (κ3) is 4.78. The Morgan fingerprint density at radius 1 is 1.03 bits per heavy atom. The summed E-state index contributed by atoms with van der Waals surface area (Å²) in [6.45, 7) is -0.144. The predicted molar refractivity (Wildman–Crippen MR) is 139 cm³/mol. The SMILES string of the molecule is O=C(NC(c1ccccc1)c1ccc(C2CC2)c(F)c1)C1CC(F)CN1C(=O)Cc1cnc2ccccn12. The molecule has 194 valence electrons. The Labute approximate surface area is 219 Å². The molecule has 6 rings (SSSR count). The predicted octanol–water partition coefficient (Wildman–Crippen LogP) is 4.74. The molecule has 3 atom stereocenters. The van der Waals surface area contributed by atoms with Crippen molar-refractivity contribution in [2.75, 3.05) is 6.54 Å². The number of hydrogen-bond donors (Lipinski definition) is 1. The van der Waals surface area contributed by atoms with Crippen molar-refractivity contribution in [1.82, 2.24) is 19.6 Å². The largest absolute Gasteiger partial charge is 0.343 e. The van der Waals surface area contributed by atoms with Gasteiger partial charge in [0.1, 0.15) is 23.7 Å². The molecule has 4 aromatic rings. The number of nitrogens with zero attached hydrogens (tertiary/aromatic N) is 3. The van der Waals surface area contributed by atoms with Crippen LogP contribution in [0.3, 0.4) is 0 Å². The van der Waals surface area contributed by atoms with Crippen molar-refractivity contribution in [2.24, 2.45) is 0 Å². The number of carbonyl (C=O) groups is 2. The van der Waals surface area contributed by atoms with Crippen LogP contribution in [-0.4, -0.2) is 44.9 Å². The lowest BCUT2D eigenvalue weighted by Crippen LogP contribution is -2.47. The zero-order valence-corrected chi connectivity index (χ0v) is 20.8. The molecule has 1 saturated heterocycles. The molecule has 3 heterocycles. The van der Waals surface area contributed by atoms with Gasteiger partial charge in [-0.2, -0.15) is 0 Å². The van der Waals surface area contributed by atoms with Gasteiger partial charge in [-0.3, -0.25) is 9.59 Å². The number of hydrogen-bond acceptors (Lipinski definition) is 3. The van der Waals surface area contributed by atoms with Gasteiger partial charge in [-0.15, -0.1) is 0 Å². The first-order chi connectivity index (χ1) is 18.5. The molecule has 0 radical (unpaired) electrons. The number of nitrogens with one attached hydrogen (secondary N) is 1. The number of carbonyl (C=O) groups excluding carboxylic acids is 2. The van der Waals surface area contributed by atoms with Crippen molar-refractivity contribution in [3.05, 3.63) is 107 Å². The van der Waals surface area contributed by atoms with Crippen LogP contribution in [0.25, 0.3) is 5.65 Å². The summed E-state index contributed by atoms with van der Waals surface area (Å²) in [6, 6.07) is 18.3. The van der Waals surface area contributed by atoms with Crippen LogP contribution in [0.5, 0.6) is 0 Å². The first-order valence-electron chi connectivity index (χ1n) is 13.0. The first kappa shape index (κ1) is 24.3. The Bertz CT molecular complexity index is 1480. The average molecular weight is 515 g/mol. The molecule has 1 aliphatic carbocycles. The summed E-state index contributed by atoms with van der Waals surface area (Å²) in [5.41, 5.74) is 3.45. The van der Waals surface area contributed by atoms with E-state index >= 15 is 0 Å². The van der Waals surface area contributed by atoms with E-state index < -0.39 is 24.2 Å². The van der Waals surface area contributed by atoms with Crippen LogP contribution in [0, 0.1) is 5.82 Å². The lowest BCUT2D eigenvalue weighted by Gasteiger charge is -2.27. The molecule has 2 fully saturated rings. The highest BCUT2D eigenvalue weighted by Gasteiger charge is 2.40. The fraction of sp³-hybridized carbons (Fsp3) is 0.300. The highest BCUT2D eigenvalue weighted by atomic mass is 19.1. The molecule has 0 bridgehead atoms. The van der Waals surface area contributed by atoms with E-state index in [-0.39, 0.29) is 37.0 Å². The van der Waals surface area contributed by atoms with Gasteiger partial charge in [0, 0.05) is 18.8 Å². The molecule has 2 aromatic carbocycles. The highest BCUT2D eigenvalue weighted by molar-refractivity contribution is 5.89.